The molecule has 104 valence electrons. The summed E-state index contributed by atoms with van der Waals surface area (Å²) in [5, 5.41) is 0.205. The molecule has 1 fully saturated rings. The molecule has 1 aliphatic rings. The van der Waals surface area contributed by atoms with E-state index in [0.29, 0.717) is 5.95 Å². The summed E-state index contributed by atoms with van der Waals surface area (Å²) in [5.41, 5.74) is 10.7. The van der Waals surface area contributed by atoms with E-state index in [9.17, 15) is 9.59 Å². The first-order valence-corrected chi connectivity index (χ1v) is 6.31. The van der Waals surface area contributed by atoms with E-state index in [1.807, 2.05) is 4.90 Å². The summed E-state index contributed by atoms with van der Waals surface area (Å²) in [6.07, 6.45) is 2.13. The number of hydrogen-bond donors (Lipinski definition) is 3. The van der Waals surface area contributed by atoms with Gasteiger partial charge in [0.25, 0.3) is 11.5 Å². The van der Waals surface area contributed by atoms with Gasteiger partial charge in [-0.15, -0.1) is 0 Å². The Bertz CT molecular complexity index is 747. The number of nitrogens with one attached hydrogen (secondary N) is 1. The maximum Gasteiger partial charge on any atom is 0.261 e. The second-order valence-electron chi connectivity index (χ2n) is 4.74. The average molecular weight is 274 g/mol. The molecule has 1 amide bonds. The van der Waals surface area contributed by atoms with Crippen LogP contribution in [0.25, 0.3) is 11.0 Å². The molecule has 8 nitrogen and oxygen atoms in total. The van der Waals surface area contributed by atoms with Crippen LogP contribution in [-0.4, -0.2) is 33.9 Å². The second kappa shape index (κ2) is 4.48. The molecule has 2 aromatic heterocycles. The number of nitrogens with zero attached hydrogens (tertiary/aromatic N) is 3. The van der Waals surface area contributed by atoms with Gasteiger partial charge in [-0.05, 0) is 18.9 Å². The van der Waals surface area contributed by atoms with Crippen molar-refractivity contribution in [2.45, 2.75) is 12.8 Å². The first-order valence-electron chi connectivity index (χ1n) is 6.31. The molecule has 8 heteroatoms. The molecule has 2 aromatic rings. The minimum absolute atomic E-state index is 0.0181. The Morgan fingerprint density at radius 2 is 2.00 bits per heavy atom. The average Bonchev–Trinajstić information content (AvgIpc) is 2.91. The monoisotopic (exact) mass is 274 g/mol. The molecule has 0 aliphatic carbocycles. The van der Waals surface area contributed by atoms with Crippen LogP contribution in [0.4, 0.5) is 11.8 Å². The van der Waals surface area contributed by atoms with Crippen molar-refractivity contribution in [2.75, 3.05) is 23.7 Å². The number of primary amides is 1. The van der Waals surface area contributed by atoms with Gasteiger partial charge in [0.15, 0.2) is 5.65 Å². The Hall–Kier alpha value is -2.64. The van der Waals surface area contributed by atoms with Gasteiger partial charge in [-0.2, -0.15) is 4.98 Å². The zero-order chi connectivity index (χ0) is 14.3. The number of fused-ring (bicyclic) bond motifs is 1. The Morgan fingerprint density at radius 1 is 1.30 bits per heavy atom. The van der Waals surface area contributed by atoms with E-state index in [1.165, 1.54) is 6.07 Å². The van der Waals surface area contributed by atoms with Crippen molar-refractivity contribution in [2.24, 2.45) is 5.73 Å². The molecular weight excluding hydrogens is 260 g/mol. The third-order valence-corrected chi connectivity index (χ3v) is 3.38. The summed E-state index contributed by atoms with van der Waals surface area (Å²) in [6.45, 7) is 1.70. The number of H-pyrrole nitrogens is 1. The summed E-state index contributed by atoms with van der Waals surface area (Å²) >= 11 is 0. The van der Waals surface area contributed by atoms with Crippen molar-refractivity contribution in [1.29, 1.82) is 0 Å². The van der Waals surface area contributed by atoms with E-state index in [1.54, 1.807) is 0 Å². The van der Waals surface area contributed by atoms with E-state index >= 15 is 0 Å². The molecule has 0 atom stereocenters. The Kier molecular flexibility index (Phi) is 2.78. The quantitative estimate of drug-likeness (QED) is 0.682. The Balaban J connectivity index is 2.19. The van der Waals surface area contributed by atoms with Crippen LogP contribution in [-0.2, 0) is 0 Å². The van der Waals surface area contributed by atoms with Crippen LogP contribution in [0, 0.1) is 0 Å². The van der Waals surface area contributed by atoms with E-state index in [-0.39, 0.29) is 28.0 Å². The molecule has 5 N–H and O–H groups in total. The lowest BCUT2D eigenvalue weighted by Gasteiger charge is -2.15. The molecule has 0 saturated carbocycles. The van der Waals surface area contributed by atoms with Crippen LogP contribution < -0.4 is 21.9 Å². The molecule has 0 aromatic carbocycles. The van der Waals surface area contributed by atoms with Gasteiger partial charge in [0, 0.05) is 13.1 Å². The topological polar surface area (TPSA) is 131 Å². The fourth-order valence-corrected chi connectivity index (χ4v) is 2.34. The summed E-state index contributed by atoms with van der Waals surface area (Å²) in [4.78, 5) is 36.3. The second-order valence-corrected chi connectivity index (χ2v) is 4.74. The molecule has 1 aliphatic heterocycles. The van der Waals surface area contributed by atoms with Crippen molar-refractivity contribution in [3.63, 3.8) is 0 Å². The van der Waals surface area contributed by atoms with E-state index < -0.39 is 5.91 Å². The predicted molar refractivity (Wildman–Crippen MR) is 74.5 cm³/mol. The number of carbonyl (C=O) groups excluding carboxylic acids is 1. The van der Waals surface area contributed by atoms with E-state index in [2.05, 4.69) is 15.0 Å². The molecular formula is C12H14N6O2. The third-order valence-electron chi connectivity index (χ3n) is 3.38. The number of anilines is 2. The van der Waals surface area contributed by atoms with Gasteiger partial charge >= 0.3 is 0 Å². The maximum atomic E-state index is 12.1. The maximum absolute atomic E-state index is 12.1. The highest BCUT2D eigenvalue weighted by atomic mass is 16.1. The molecule has 0 bridgehead atoms. The van der Waals surface area contributed by atoms with Crippen molar-refractivity contribution in [1.82, 2.24) is 15.0 Å². The highest BCUT2D eigenvalue weighted by Crippen LogP contribution is 2.18. The van der Waals surface area contributed by atoms with Gasteiger partial charge in [-0.1, -0.05) is 0 Å². The SMILES string of the molecule is NC(=O)c1cc2c(=O)[nH]c(N3CCCC3)nc2nc1N. The standard InChI is InChI=1S/C12H14N6O2/c13-8-6(9(14)19)5-7-10(15-8)16-12(17-11(7)20)18-3-1-2-4-18/h5H,1-4H2,(H2,14,19)(H3,13,15,16,17,20). The van der Waals surface area contributed by atoms with Crippen LogP contribution in [0.15, 0.2) is 10.9 Å². The van der Waals surface area contributed by atoms with Crippen LogP contribution in [0.3, 0.4) is 0 Å². The lowest BCUT2D eigenvalue weighted by atomic mass is 10.2. The summed E-state index contributed by atoms with van der Waals surface area (Å²) in [7, 11) is 0. The fourth-order valence-electron chi connectivity index (χ4n) is 2.34. The zero-order valence-corrected chi connectivity index (χ0v) is 10.7. The summed E-state index contributed by atoms with van der Waals surface area (Å²) in [5.74, 6) is -0.255. The summed E-state index contributed by atoms with van der Waals surface area (Å²) in [6, 6.07) is 1.33. The first-order chi connectivity index (χ1) is 9.56. The number of amides is 1. The van der Waals surface area contributed by atoms with E-state index in [4.69, 9.17) is 11.5 Å². The number of nitrogen functional groups attached to an aromatic ring is 1. The first kappa shape index (κ1) is 12.4. The van der Waals surface area contributed by atoms with Gasteiger partial charge in [0.05, 0.1) is 10.9 Å². The smallest absolute Gasteiger partial charge is 0.261 e. The Labute approximate surface area is 113 Å². The molecule has 0 spiro atoms. The normalized spacial score (nSPS) is 14.9. The van der Waals surface area contributed by atoms with Gasteiger partial charge < -0.3 is 16.4 Å². The third kappa shape index (κ3) is 1.94. The van der Waals surface area contributed by atoms with Crippen molar-refractivity contribution >= 4 is 28.7 Å². The molecule has 3 heterocycles. The minimum atomic E-state index is -0.722. The highest BCUT2D eigenvalue weighted by molar-refractivity contribution is 6.00. The number of rotatable bonds is 2. The minimum Gasteiger partial charge on any atom is -0.383 e. The van der Waals surface area contributed by atoms with Crippen molar-refractivity contribution in [3.05, 3.63) is 22.0 Å². The number of aromatic amines is 1. The van der Waals surface area contributed by atoms with Gasteiger partial charge in [-0.3, -0.25) is 14.6 Å². The lowest BCUT2D eigenvalue weighted by molar-refractivity contribution is 0.100. The number of nitrogens with two attached hydrogens (primary N) is 2. The van der Waals surface area contributed by atoms with Crippen molar-refractivity contribution < 1.29 is 4.79 Å². The zero-order valence-electron chi connectivity index (χ0n) is 10.7. The number of pyridine rings is 1. The molecule has 0 unspecified atom stereocenters. The van der Waals surface area contributed by atoms with Crippen LogP contribution >= 0.6 is 0 Å². The van der Waals surface area contributed by atoms with Gasteiger partial charge in [-0.25, -0.2) is 4.98 Å². The lowest BCUT2D eigenvalue weighted by Crippen LogP contribution is -2.25. The number of hydrogen-bond acceptors (Lipinski definition) is 6. The van der Waals surface area contributed by atoms with Gasteiger partial charge in [0.1, 0.15) is 5.82 Å². The summed E-state index contributed by atoms with van der Waals surface area (Å²) < 4.78 is 0. The van der Waals surface area contributed by atoms with E-state index in [0.717, 1.165) is 25.9 Å². The van der Waals surface area contributed by atoms with Crippen LogP contribution in [0.1, 0.15) is 23.2 Å². The number of carbonyl (C=O) groups is 1. The molecule has 20 heavy (non-hydrogen) atoms. The largest absolute Gasteiger partial charge is 0.383 e. The van der Waals surface area contributed by atoms with Crippen LogP contribution in [0.2, 0.25) is 0 Å². The Morgan fingerprint density at radius 3 is 2.65 bits per heavy atom. The molecule has 1 saturated heterocycles. The number of aromatic nitrogens is 3. The molecule has 3 rings (SSSR count). The van der Waals surface area contributed by atoms with Crippen molar-refractivity contribution in [3.8, 4) is 0 Å². The van der Waals surface area contributed by atoms with Crippen LogP contribution in [0.5, 0.6) is 0 Å². The fraction of sp³-hybridized carbons (Fsp3) is 0.333. The molecule has 0 radical (unpaired) electrons. The highest BCUT2D eigenvalue weighted by Gasteiger charge is 2.18. The predicted octanol–water partition coefficient (Wildman–Crippen LogP) is -0.401. The van der Waals surface area contributed by atoms with Gasteiger partial charge in [0.2, 0.25) is 5.95 Å².